The standard InChI is InChI=1S/C14H17N5/c1-2-9-19(10-3-1)13-6-5-12(11-17-13)18-14-15-7-4-8-16-14/h4-8,11H,1-3,9-10H2,(H,15,16,18). The number of rotatable bonds is 3. The van der Waals surface area contributed by atoms with Gasteiger partial charge in [0.1, 0.15) is 5.82 Å². The van der Waals surface area contributed by atoms with Crippen LogP contribution in [0, 0.1) is 0 Å². The van der Waals surface area contributed by atoms with Gasteiger partial charge in [-0.1, -0.05) is 0 Å². The Kier molecular flexibility index (Phi) is 3.54. The van der Waals surface area contributed by atoms with Crippen molar-refractivity contribution in [2.24, 2.45) is 0 Å². The molecule has 0 bridgehead atoms. The van der Waals surface area contributed by atoms with Crippen molar-refractivity contribution in [3.63, 3.8) is 0 Å². The van der Waals surface area contributed by atoms with Crippen LogP contribution < -0.4 is 10.2 Å². The first kappa shape index (κ1) is 11.9. The molecule has 1 saturated heterocycles. The fraction of sp³-hybridized carbons (Fsp3) is 0.357. The van der Waals surface area contributed by atoms with Crippen LogP contribution in [0.25, 0.3) is 0 Å². The van der Waals surface area contributed by atoms with Gasteiger partial charge in [0.05, 0.1) is 11.9 Å². The molecule has 0 amide bonds. The molecule has 2 aromatic rings. The summed E-state index contributed by atoms with van der Waals surface area (Å²) in [6, 6.07) is 5.87. The van der Waals surface area contributed by atoms with Crippen molar-refractivity contribution in [3.8, 4) is 0 Å². The smallest absolute Gasteiger partial charge is 0.227 e. The number of nitrogens with zero attached hydrogens (tertiary/aromatic N) is 4. The van der Waals surface area contributed by atoms with Gasteiger partial charge in [-0.2, -0.15) is 0 Å². The molecule has 0 aliphatic carbocycles. The van der Waals surface area contributed by atoms with Gasteiger partial charge in [0.25, 0.3) is 0 Å². The molecular formula is C14H17N5. The molecule has 0 aromatic carbocycles. The van der Waals surface area contributed by atoms with E-state index in [1.165, 1.54) is 19.3 Å². The second-order valence-corrected chi connectivity index (χ2v) is 4.65. The topological polar surface area (TPSA) is 53.9 Å². The molecule has 98 valence electrons. The van der Waals surface area contributed by atoms with Crippen molar-refractivity contribution in [1.29, 1.82) is 0 Å². The summed E-state index contributed by atoms with van der Waals surface area (Å²) in [6.45, 7) is 2.23. The van der Waals surface area contributed by atoms with E-state index in [1.54, 1.807) is 18.5 Å². The average molecular weight is 255 g/mol. The third-order valence-electron chi connectivity index (χ3n) is 3.25. The molecule has 5 heteroatoms. The fourth-order valence-electron chi connectivity index (χ4n) is 2.26. The summed E-state index contributed by atoms with van der Waals surface area (Å²) in [5, 5.41) is 3.13. The van der Waals surface area contributed by atoms with Crippen LogP contribution in [0.3, 0.4) is 0 Å². The lowest BCUT2D eigenvalue weighted by Gasteiger charge is -2.27. The van der Waals surface area contributed by atoms with Crippen LogP contribution in [0.5, 0.6) is 0 Å². The normalized spacial score (nSPS) is 15.3. The van der Waals surface area contributed by atoms with Crippen molar-refractivity contribution in [1.82, 2.24) is 15.0 Å². The highest BCUT2D eigenvalue weighted by molar-refractivity contribution is 5.54. The van der Waals surface area contributed by atoms with E-state index in [1.807, 2.05) is 12.3 Å². The molecule has 19 heavy (non-hydrogen) atoms. The molecule has 1 aliphatic heterocycles. The highest BCUT2D eigenvalue weighted by Crippen LogP contribution is 2.19. The zero-order valence-electron chi connectivity index (χ0n) is 10.8. The Morgan fingerprint density at radius 3 is 2.42 bits per heavy atom. The SMILES string of the molecule is c1cnc(Nc2ccc(N3CCCCC3)nc2)nc1. The van der Waals surface area contributed by atoms with Gasteiger partial charge in [0.2, 0.25) is 5.95 Å². The Morgan fingerprint density at radius 2 is 1.74 bits per heavy atom. The Morgan fingerprint density at radius 1 is 0.947 bits per heavy atom. The summed E-state index contributed by atoms with van der Waals surface area (Å²) in [4.78, 5) is 15.1. The first-order valence-electron chi connectivity index (χ1n) is 6.67. The third kappa shape index (κ3) is 2.99. The zero-order chi connectivity index (χ0) is 12.9. The van der Waals surface area contributed by atoms with E-state index < -0.39 is 0 Å². The monoisotopic (exact) mass is 255 g/mol. The molecule has 1 fully saturated rings. The highest BCUT2D eigenvalue weighted by atomic mass is 15.2. The van der Waals surface area contributed by atoms with Gasteiger partial charge in [0, 0.05) is 25.5 Å². The van der Waals surface area contributed by atoms with Gasteiger partial charge in [-0.25, -0.2) is 15.0 Å². The molecule has 3 rings (SSSR count). The number of pyridine rings is 1. The number of anilines is 3. The van der Waals surface area contributed by atoms with Gasteiger partial charge in [-0.05, 0) is 37.5 Å². The van der Waals surface area contributed by atoms with Crippen LogP contribution in [-0.2, 0) is 0 Å². The molecular weight excluding hydrogens is 238 g/mol. The molecule has 5 nitrogen and oxygen atoms in total. The Balaban J connectivity index is 1.68. The summed E-state index contributed by atoms with van der Waals surface area (Å²) >= 11 is 0. The summed E-state index contributed by atoms with van der Waals surface area (Å²) in [5.41, 5.74) is 0.909. The predicted molar refractivity (Wildman–Crippen MR) is 75.6 cm³/mol. The van der Waals surface area contributed by atoms with Crippen molar-refractivity contribution in [2.75, 3.05) is 23.3 Å². The van der Waals surface area contributed by atoms with Gasteiger partial charge in [0.15, 0.2) is 0 Å². The van der Waals surface area contributed by atoms with Gasteiger partial charge in [-0.15, -0.1) is 0 Å². The lowest BCUT2D eigenvalue weighted by atomic mass is 10.1. The minimum absolute atomic E-state index is 0.593. The first-order chi connectivity index (χ1) is 9.42. The number of piperidine rings is 1. The largest absolute Gasteiger partial charge is 0.357 e. The van der Waals surface area contributed by atoms with E-state index >= 15 is 0 Å². The van der Waals surface area contributed by atoms with E-state index in [0.29, 0.717) is 5.95 Å². The fourth-order valence-corrected chi connectivity index (χ4v) is 2.26. The van der Waals surface area contributed by atoms with Crippen LogP contribution in [0.1, 0.15) is 19.3 Å². The predicted octanol–water partition coefficient (Wildman–Crippen LogP) is 2.61. The molecule has 0 atom stereocenters. The zero-order valence-corrected chi connectivity index (χ0v) is 10.8. The second-order valence-electron chi connectivity index (χ2n) is 4.65. The van der Waals surface area contributed by atoms with Crippen LogP contribution in [-0.4, -0.2) is 28.0 Å². The Labute approximate surface area is 112 Å². The van der Waals surface area contributed by atoms with Gasteiger partial charge >= 0.3 is 0 Å². The van der Waals surface area contributed by atoms with Gasteiger partial charge in [-0.3, -0.25) is 0 Å². The Bertz CT molecular complexity index is 505. The molecule has 0 radical (unpaired) electrons. The van der Waals surface area contributed by atoms with E-state index in [-0.39, 0.29) is 0 Å². The van der Waals surface area contributed by atoms with Crippen LogP contribution in [0.4, 0.5) is 17.5 Å². The minimum Gasteiger partial charge on any atom is -0.357 e. The number of nitrogens with one attached hydrogen (secondary N) is 1. The Hall–Kier alpha value is -2.17. The minimum atomic E-state index is 0.593. The van der Waals surface area contributed by atoms with Crippen molar-refractivity contribution < 1.29 is 0 Å². The summed E-state index contributed by atoms with van der Waals surface area (Å²) < 4.78 is 0. The highest BCUT2D eigenvalue weighted by Gasteiger charge is 2.11. The maximum atomic E-state index is 4.51. The summed E-state index contributed by atoms with van der Waals surface area (Å²) in [5.74, 6) is 1.65. The van der Waals surface area contributed by atoms with Crippen molar-refractivity contribution >= 4 is 17.5 Å². The van der Waals surface area contributed by atoms with Crippen LogP contribution in [0.2, 0.25) is 0 Å². The van der Waals surface area contributed by atoms with Crippen molar-refractivity contribution in [2.45, 2.75) is 19.3 Å². The first-order valence-corrected chi connectivity index (χ1v) is 6.67. The summed E-state index contributed by atoms with van der Waals surface area (Å²) in [7, 11) is 0. The molecule has 0 saturated carbocycles. The average Bonchev–Trinajstić information content (AvgIpc) is 2.50. The summed E-state index contributed by atoms with van der Waals surface area (Å²) in [6.07, 6.45) is 9.12. The molecule has 2 aromatic heterocycles. The van der Waals surface area contributed by atoms with Gasteiger partial charge < -0.3 is 10.2 Å². The maximum Gasteiger partial charge on any atom is 0.227 e. The number of hydrogen-bond acceptors (Lipinski definition) is 5. The molecule has 0 spiro atoms. The van der Waals surface area contributed by atoms with E-state index in [0.717, 1.165) is 24.6 Å². The second kappa shape index (κ2) is 5.65. The molecule has 0 unspecified atom stereocenters. The number of aromatic nitrogens is 3. The van der Waals surface area contributed by atoms with Crippen molar-refractivity contribution in [3.05, 3.63) is 36.8 Å². The quantitative estimate of drug-likeness (QED) is 0.913. The molecule has 1 aliphatic rings. The maximum absolute atomic E-state index is 4.51. The lowest BCUT2D eigenvalue weighted by Crippen LogP contribution is -2.29. The lowest BCUT2D eigenvalue weighted by molar-refractivity contribution is 0.573. The molecule has 3 heterocycles. The van der Waals surface area contributed by atoms with E-state index in [9.17, 15) is 0 Å². The third-order valence-corrected chi connectivity index (χ3v) is 3.25. The van der Waals surface area contributed by atoms with Crippen LogP contribution >= 0.6 is 0 Å². The van der Waals surface area contributed by atoms with E-state index in [4.69, 9.17) is 0 Å². The van der Waals surface area contributed by atoms with E-state index in [2.05, 4.69) is 31.2 Å². The number of hydrogen-bond donors (Lipinski definition) is 1. The molecule has 1 N–H and O–H groups in total. The van der Waals surface area contributed by atoms with Crippen LogP contribution in [0.15, 0.2) is 36.8 Å².